The van der Waals surface area contributed by atoms with Gasteiger partial charge in [0.25, 0.3) is 5.91 Å². The Morgan fingerprint density at radius 2 is 1.38 bits per heavy atom. The number of para-hydroxylation sites is 2. The molecule has 0 saturated carbocycles. The number of unbranched alkanes of at least 4 members (excludes halogenated alkanes) is 1. The molecule has 7 heteroatoms. The standard InChI is InChI=1S/C40H43NO6/c1-3-45-38(42)17-11-8-12-30(28-31-19-26-35(27-20-31)40(44)46-4-2)18-23-33-13-9-10-16-37(33)47-29-32-21-24-34(25-22-32)39(43)41-36-14-6-5-7-15-36/h5-7,9-10,13-16,18-27,30H,3-4,8,11-12,17,28-29H2,1-2H3,(H,41,43). The number of rotatable bonds is 17. The molecule has 0 saturated heterocycles. The first-order chi connectivity index (χ1) is 22.9. The summed E-state index contributed by atoms with van der Waals surface area (Å²) in [5.41, 5.74) is 4.88. The largest absolute Gasteiger partial charge is 0.488 e. The monoisotopic (exact) mass is 633 g/mol. The van der Waals surface area contributed by atoms with Crippen LogP contribution in [0.25, 0.3) is 6.08 Å². The summed E-state index contributed by atoms with van der Waals surface area (Å²) in [6.07, 6.45) is 8.02. The second-order valence-electron chi connectivity index (χ2n) is 11.1. The lowest BCUT2D eigenvalue weighted by Gasteiger charge is -2.15. The summed E-state index contributed by atoms with van der Waals surface area (Å²) >= 11 is 0. The molecule has 4 aromatic carbocycles. The van der Waals surface area contributed by atoms with E-state index in [0.717, 1.165) is 53.8 Å². The number of hydrogen-bond acceptors (Lipinski definition) is 6. The van der Waals surface area contributed by atoms with E-state index in [1.807, 2.05) is 85.8 Å². The van der Waals surface area contributed by atoms with Gasteiger partial charge < -0.3 is 19.5 Å². The molecule has 0 aliphatic heterocycles. The third-order valence-corrected chi connectivity index (χ3v) is 7.58. The van der Waals surface area contributed by atoms with Crippen LogP contribution in [-0.2, 0) is 27.3 Å². The van der Waals surface area contributed by atoms with Crippen LogP contribution in [-0.4, -0.2) is 31.1 Å². The van der Waals surface area contributed by atoms with Gasteiger partial charge in [-0.2, -0.15) is 0 Å². The molecular formula is C40H43NO6. The van der Waals surface area contributed by atoms with Gasteiger partial charge in [0.1, 0.15) is 12.4 Å². The number of ether oxygens (including phenoxy) is 3. The van der Waals surface area contributed by atoms with Crippen molar-refractivity contribution in [1.82, 2.24) is 0 Å². The Labute approximate surface area is 277 Å². The topological polar surface area (TPSA) is 90.9 Å². The van der Waals surface area contributed by atoms with Crippen LogP contribution in [0.1, 0.15) is 76.9 Å². The molecule has 1 N–H and O–H groups in total. The summed E-state index contributed by atoms with van der Waals surface area (Å²) in [4.78, 5) is 36.5. The average Bonchev–Trinajstić information content (AvgIpc) is 3.09. The second-order valence-corrected chi connectivity index (χ2v) is 11.1. The zero-order valence-electron chi connectivity index (χ0n) is 27.2. The Morgan fingerprint density at radius 1 is 0.723 bits per heavy atom. The summed E-state index contributed by atoms with van der Waals surface area (Å²) < 4.78 is 16.4. The highest BCUT2D eigenvalue weighted by Gasteiger charge is 2.12. The maximum atomic E-state index is 12.6. The van der Waals surface area contributed by atoms with Crippen LogP contribution in [0.4, 0.5) is 5.69 Å². The van der Waals surface area contributed by atoms with Crippen molar-refractivity contribution in [2.45, 2.75) is 52.6 Å². The van der Waals surface area contributed by atoms with E-state index in [4.69, 9.17) is 14.2 Å². The van der Waals surface area contributed by atoms with Gasteiger partial charge in [0.2, 0.25) is 0 Å². The third kappa shape index (κ3) is 11.6. The Balaban J connectivity index is 1.39. The zero-order valence-corrected chi connectivity index (χ0v) is 27.2. The number of nitrogens with one attached hydrogen (secondary N) is 1. The lowest BCUT2D eigenvalue weighted by Crippen LogP contribution is -2.11. The summed E-state index contributed by atoms with van der Waals surface area (Å²) in [5, 5.41) is 2.90. The Bertz CT molecular complexity index is 1600. The van der Waals surface area contributed by atoms with Gasteiger partial charge in [-0.1, -0.05) is 79.2 Å². The first kappa shape index (κ1) is 34.7. The van der Waals surface area contributed by atoms with Gasteiger partial charge in [-0.25, -0.2) is 4.79 Å². The van der Waals surface area contributed by atoms with Gasteiger partial charge in [0.05, 0.1) is 18.8 Å². The minimum absolute atomic E-state index is 0.162. The van der Waals surface area contributed by atoms with Crippen LogP contribution in [0.15, 0.2) is 109 Å². The molecule has 7 nitrogen and oxygen atoms in total. The molecular weight excluding hydrogens is 590 g/mol. The molecule has 47 heavy (non-hydrogen) atoms. The Hall–Kier alpha value is -5.17. The van der Waals surface area contributed by atoms with Crippen molar-refractivity contribution in [3.8, 4) is 5.75 Å². The Morgan fingerprint density at radius 3 is 2.11 bits per heavy atom. The first-order valence-corrected chi connectivity index (χ1v) is 16.2. The van der Waals surface area contributed by atoms with Crippen molar-refractivity contribution in [2.24, 2.45) is 5.92 Å². The van der Waals surface area contributed by atoms with E-state index in [-0.39, 0.29) is 23.8 Å². The number of anilines is 1. The number of benzene rings is 4. The van der Waals surface area contributed by atoms with Gasteiger partial charge in [0, 0.05) is 23.2 Å². The minimum Gasteiger partial charge on any atom is -0.488 e. The molecule has 244 valence electrons. The maximum Gasteiger partial charge on any atom is 0.338 e. The highest BCUT2D eigenvalue weighted by Crippen LogP contribution is 2.25. The number of esters is 2. The maximum absolute atomic E-state index is 12.6. The fourth-order valence-electron chi connectivity index (χ4n) is 5.10. The number of amides is 1. The molecule has 0 radical (unpaired) electrons. The normalized spacial score (nSPS) is 11.5. The zero-order chi connectivity index (χ0) is 33.3. The van der Waals surface area contributed by atoms with E-state index < -0.39 is 0 Å². The molecule has 0 spiro atoms. The van der Waals surface area contributed by atoms with Gasteiger partial charge >= 0.3 is 11.9 Å². The molecule has 0 bridgehead atoms. The van der Waals surface area contributed by atoms with Gasteiger partial charge in [-0.15, -0.1) is 0 Å². The smallest absolute Gasteiger partial charge is 0.338 e. The molecule has 0 heterocycles. The number of allylic oxidation sites excluding steroid dienone is 1. The van der Waals surface area contributed by atoms with Crippen molar-refractivity contribution in [2.75, 3.05) is 18.5 Å². The van der Waals surface area contributed by atoms with Crippen LogP contribution in [0.3, 0.4) is 0 Å². The molecule has 4 aromatic rings. The van der Waals surface area contributed by atoms with E-state index in [1.165, 1.54) is 0 Å². The van der Waals surface area contributed by atoms with Gasteiger partial charge in [0.15, 0.2) is 0 Å². The van der Waals surface area contributed by atoms with Crippen LogP contribution in [0.2, 0.25) is 0 Å². The predicted molar refractivity (Wildman–Crippen MR) is 185 cm³/mol. The van der Waals surface area contributed by atoms with Crippen LogP contribution in [0.5, 0.6) is 5.75 Å². The molecule has 4 rings (SSSR count). The highest BCUT2D eigenvalue weighted by atomic mass is 16.5. The van der Waals surface area contributed by atoms with Crippen molar-refractivity contribution in [1.29, 1.82) is 0 Å². The van der Waals surface area contributed by atoms with E-state index in [2.05, 4.69) is 17.5 Å². The van der Waals surface area contributed by atoms with Gasteiger partial charge in [-0.3, -0.25) is 9.59 Å². The molecule has 1 atom stereocenters. The molecule has 0 aliphatic rings. The minimum atomic E-state index is -0.324. The molecule has 0 fully saturated rings. The summed E-state index contributed by atoms with van der Waals surface area (Å²) in [6.45, 7) is 4.70. The number of hydrogen-bond donors (Lipinski definition) is 1. The van der Waals surface area contributed by atoms with Crippen molar-refractivity contribution in [3.63, 3.8) is 0 Å². The van der Waals surface area contributed by atoms with E-state index >= 15 is 0 Å². The number of carbonyl (C=O) groups excluding carboxylic acids is 3. The predicted octanol–water partition coefficient (Wildman–Crippen LogP) is 8.69. The Kier molecular flexibility index (Phi) is 13.8. The fourth-order valence-corrected chi connectivity index (χ4v) is 5.10. The molecule has 1 amide bonds. The lowest BCUT2D eigenvalue weighted by molar-refractivity contribution is -0.143. The van der Waals surface area contributed by atoms with E-state index in [1.54, 1.807) is 31.2 Å². The summed E-state index contributed by atoms with van der Waals surface area (Å²) in [6, 6.07) is 32.2. The van der Waals surface area contributed by atoms with Crippen LogP contribution < -0.4 is 10.1 Å². The summed E-state index contributed by atoms with van der Waals surface area (Å²) in [5.74, 6) is 0.313. The van der Waals surface area contributed by atoms with Crippen LogP contribution in [0, 0.1) is 5.92 Å². The second kappa shape index (κ2) is 18.7. The lowest BCUT2D eigenvalue weighted by atomic mass is 9.92. The van der Waals surface area contributed by atoms with Crippen LogP contribution >= 0.6 is 0 Å². The first-order valence-electron chi connectivity index (χ1n) is 16.2. The quantitative estimate of drug-likeness (QED) is 0.0924. The fraction of sp³-hybridized carbons (Fsp3) is 0.275. The SMILES string of the molecule is CCOC(=O)CCCCC(C=Cc1ccccc1OCc1ccc(C(=O)Nc2ccccc2)cc1)Cc1ccc(C(=O)OCC)cc1. The highest BCUT2D eigenvalue weighted by molar-refractivity contribution is 6.04. The van der Waals surface area contributed by atoms with Crippen molar-refractivity contribution >= 4 is 29.6 Å². The van der Waals surface area contributed by atoms with Crippen molar-refractivity contribution in [3.05, 3.63) is 137 Å². The number of carbonyl (C=O) groups is 3. The average molecular weight is 634 g/mol. The van der Waals surface area contributed by atoms with E-state index in [9.17, 15) is 14.4 Å². The molecule has 0 aromatic heterocycles. The molecule has 0 aliphatic carbocycles. The van der Waals surface area contributed by atoms with Crippen molar-refractivity contribution < 1.29 is 28.6 Å². The molecule has 1 unspecified atom stereocenters. The third-order valence-electron chi connectivity index (χ3n) is 7.58. The summed E-state index contributed by atoms with van der Waals surface area (Å²) in [7, 11) is 0. The van der Waals surface area contributed by atoms with Gasteiger partial charge in [-0.05, 0) is 92.6 Å². The van der Waals surface area contributed by atoms with E-state index in [0.29, 0.717) is 37.4 Å².